The fraction of sp³-hybridized carbons (Fsp3) is 0.316. The van der Waals surface area contributed by atoms with Crippen LogP contribution in [0.25, 0.3) is 0 Å². The summed E-state index contributed by atoms with van der Waals surface area (Å²) in [6.45, 7) is 1.27. The maximum atomic E-state index is 12.4. The standard InChI is InChI=1S/C19H22N4O3.2ClH/c20-17(13-6-10-26-11-7-13)19(25)23-16-3-1-2-14(12-16)18(24)22-15-4-8-21-9-5-15;;/h1-5,8-9,12-13,17H,6-7,10-11,20H2,(H,23,25)(H,21,22,24);2*1H. The highest BCUT2D eigenvalue weighted by Gasteiger charge is 2.26. The third kappa shape index (κ3) is 6.45. The Labute approximate surface area is 176 Å². The van der Waals surface area contributed by atoms with Crippen molar-refractivity contribution in [3.63, 3.8) is 0 Å². The number of nitrogens with two attached hydrogens (primary N) is 1. The van der Waals surface area contributed by atoms with Gasteiger partial charge in [-0.3, -0.25) is 14.6 Å². The lowest BCUT2D eigenvalue weighted by atomic mass is 9.92. The van der Waals surface area contributed by atoms with Crippen molar-refractivity contribution in [2.24, 2.45) is 11.7 Å². The first-order valence-electron chi connectivity index (χ1n) is 8.59. The van der Waals surface area contributed by atoms with Crippen molar-refractivity contribution in [3.05, 3.63) is 54.4 Å². The monoisotopic (exact) mass is 426 g/mol. The summed E-state index contributed by atoms with van der Waals surface area (Å²) < 4.78 is 5.30. The number of carbonyl (C=O) groups excluding carboxylic acids is 2. The van der Waals surface area contributed by atoms with E-state index in [9.17, 15) is 9.59 Å². The van der Waals surface area contributed by atoms with Gasteiger partial charge in [0, 0.05) is 42.5 Å². The molecule has 2 heterocycles. The van der Waals surface area contributed by atoms with Gasteiger partial charge in [0.2, 0.25) is 5.91 Å². The van der Waals surface area contributed by atoms with Crippen LogP contribution in [0.2, 0.25) is 0 Å². The first-order valence-corrected chi connectivity index (χ1v) is 8.59. The highest BCUT2D eigenvalue weighted by atomic mass is 35.5. The van der Waals surface area contributed by atoms with Crippen LogP contribution in [-0.2, 0) is 9.53 Å². The van der Waals surface area contributed by atoms with Crippen molar-refractivity contribution in [1.29, 1.82) is 0 Å². The third-order valence-electron chi connectivity index (χ3n) is 4.41. The van der Waals surface area contributed by atoms with Crippen LogP contribution in [0.3, 0.4) is 0 Å². The summed E-state index contributed by atoms with van der Waals surface area (Å²) in [7, 11) is 0. The number of nitrogens with zero attached hydrogens (tertiary/aromatic N) is 1. The van der Waals surface area contributed by atoms with E-state index in [-0.39, 0.29) is 42.5 Å². The van der Waals surface area contributed by atoms with Crippen LogP contribution >= 0.6 is 24.8 Å². The molecular formula is C19H24Cl2N4O3. The van der Waals surface area contributed by atoms with E-state index in [1.54, 1.807) is 48.8 Å². The third-order valence-corrected chi connectivity index (χ3v) is 4.41. The van der Waals surface area contributed by atoms with Gasteiger partial charge in [0.1, 0.15) is 0 Å². The number of anilines is 2. The van der Waals surface area contributed by atoms with Crippen LogP contribution in [0.15, 0.2) is 48.8 Å². The molecular weight excluding hydrogens is 403 g/mol. The van der Waals surface area contributed by atoms with Crippen LogP contribution in [-0.4, -0.2) is 36.1 Å². The van der Waals surface area contributed by atoms with E-state index in [0.29, 0.717) is 30.2 Å². The van der Waals surface area contributed by atoms with E-state index >= 15 is 0 Å². The fourth-order valence-corrected chi connectivity index (χ4v) is 2.89. The molecule has 9 heteroatoms. The van der Waals surface area contributed by atoms with Gasteiger partial charge < -0.3 is 21.1 Å². The second-order valence-electron chi connectivity index (χ2n) is 6.24. The first-order chi connectivity index (χ1) is 12.6. The molecule has 0 saturated carbocycles. The molecule has 152 valence electrons. The normalized spacial score (nSPS) is 14.8. The number of hydrogen-bond donors (Lipinski definition) is 3. The number of nitrogens with one attached hydrogen (secondary N) is 2. The molecule has 1 unspecified atom stereocenters. The van der Waals surface area contributed by atoms with Gasteiger partial charge in [-0.2, -0.15) is 0 Å². The predicted molar refractivity (Wildman–Crippen MR) is 113 cm³/mol. The Morgan fingerprint density at radius 2 is 1.71 bits per heavy atom. The maximum absolute atomic E-state index is 12.4. The van der Waals surface area contributed by atoms with Crippen molar-refractivity contribution < 1.29 is 14.3 Å². The molecule has 1 aromatic heterocycles. The van der Waals surface area contributed by atoms with Crippen molar-refractivity contribution >= 4 is 48.0 Å². The number of halogens is 2. The summed E-state index contributed by atoms with van der Waals surface area (Å²) in [5.74, 6) is -0.397. The van der Waals surface area contributed by atoms with E-state index in [4.69, 9.17) is 10.5 Å². The van der Waals surface area contributed by atoms with Crippen LogP contribution < -0.4 is 16.4 Å². The zero-order chi connectivity index (χ0) is 18.4. The largest absolute Gasteiger partial charge is 0.381 e. The van der Waals surface area contributed by atoms with E-state index in [2.05, 4.69) is 15.6 Å². The quantitative estimate of drug-likeness (QED) is 0.681. The van der Waals surface area contributed by atoms with Gasteiger partial charge in [-0.1, -0.05) is 6.07 Å². The Morgan fingerprint density at radius 1 is 1.04 bits per heavy atom. The second-order valence-corrected chi connectivity index (χ2v) is 6.24. The van der Waals surface area contributed by atoms with Crippen molar-refractivity contribution in [3.8, 4) is 0 Å². The molecule has 1 saturated heterocycles. The van der Waals surface area contributed by atoms with Gasteiger partial charge in [0.25, 0.3) is 5.91 Å². The molecule has 1 aliphatic rings. The Bertz CT molecular complexity index is 771. The van der Waals surface area contributed by atoms with Crippen molar-refractivity contribution in [1.82, 2.24) is 4.98 Å². The smallest absolute Gasteiger partial charge is 0.255 e. The molecule has 0 bridgehead atoms. The number of aromatic nitrogens is 1. The lowest BCUT2D eigenvalue weighted by Crippen LogP contribution is -2.44. The zero-order valence-electron chi connectivity index (χ0n) is 15.2. The zero-order valence-corrected chi connectivity index (χ0v) is 16.8. The molecule has 3 rings (SSSR count). The molecule has 1 aliphatic heterocycles. The Hall–Kier alpha value is -2.19. The average molecular weight is 427 g/mol. The first kappa shape index (κ1) is 23.8. The van der Waals surface area contributed by atoms with E-state index in [1.807, 2.05) is 0 Å². The summed E-state index contributed by atoms with van der Waals surface area (Å²) in [6.07, 6.45) is 4.76. The summed E-state index contributed by atoms with van der Waals surface area (Å²) in [5.41, 5.74) is 7.73. The summed E-state index contributed by atoms with van der Waals surface area (Å²) in [6, 6.07) is 9.59. The van der Waals surface area contributed by atoms with Crippen LogP contribution in [0, 0.1) is 5.92 Å². The molecule has 2 amide bonds. The Morgan fingerprint density at radius 3 is 2.39 bits per heavy atom. The fourth-order valence-electron chi connectivity index (χ4n) is 2.89. The topological polar surface area (TPSA) is 106 Å². The van der Waals surface area contributed by atoms with E-state index in [1.165, 1.54) is 0 Å². The number of amides is 2. The van der Waals surface area contributed by atoms with Crippen LogP contribution in [0.4, 0.5) is 11.4 Å². The van der Waals surface area contributed by atoms with Crippen molar-refractivity contribution in [2.45, 2.75) is 18.9 Å². The molecule has 1 atom stereocenters. The predicted octanol–water partition coefficient (Wildman–Crippen LogP) is 2.87. The number of ether oxygens (including phenoxy) is 1. The number of rotatable bonds is 5. The number of carbonyl (C=O) groups is 2. The Balaban J connectivity index is 0.00000196. The van der Waals surface area contributed by atoms with Crippen LogP contribution in [0.1, 0.15) is 23.2 Å². The molecule has 2 aromatic rings. The number of pyridine rings is 1. The minimum Gasteiger partial charge on any atom is -0.381 e. The van der Waals surface area contributed by atoms with Gasteiger partial charge >= 0.3 is 0 Å². The van der Waals surface area contributed by atoms with Gasteiger partial charge in [-0.15, -0.1) is 24.8 Å². The molecule has 0 aliphatic carbocycles. The summed E-state index contributed by atoms with van der Waals surface area (Å²) in [5, 5.41) is 5.59. The molecule has 1 fully saturated rings. The molecule has 7 nitrogen and oxygen atoms in total. The molecule has 28 heavy (non-hydrogen) atoms. The Kier molecular flexibility index (Phi) is 9.89. The average Bonchev–Trinajstić information content (AvgIpc) is 2.69. The number of benzene rings is 1. The minimum absolute atomic E-state index is 0. The maximum Gasteiger partial charge on any atom is 0.255 e. The molecule has 0 radical (unpaired) electrons. The highest BCUT2D eigenvalue weighted by Crippen LogP contribution is 2.19. The molecule has 1 aromatic carbocycles. The van der Waals surface area contributed by atoms with Gasteiger partial charge in [0.15, 0.2) is 0 Å². The SMILES string of the molecule is Cl.Cl.NC(C(=O)Nc1cccc(C(=O)Nc2ccncc2)c1)C1CCOCC1. The minimum atomic E-state index is -0.590. The number of hydrogen-bond acceptors (Lipinski definition) is 5. The van der Waals surface area contributed by atoms with E-state index in [0.717, 1.165) is 12.8 Å². The van der Waals surface area contributed by atoms with Crippen LogP contribution in [0.5, 0.6) is 0 Å². The lowest BCUT2D eigenvalue weighted by molar-refractivity contribution is -0.119. The molecule has 0 spiro atoms. The van der Waals surface area contributed by atoms with E-state index < -0.39 is 6.04 Å². The van der Waals surface area contributed by atoms with Gasteiger partial charge in [-0.05, 0) is 49.1 Å². The highest BCUT2D eigenvalue weighted by molar-refractivity contribution is 6.05. The lowest BCUT2D eigenvalue weighted by Gasteiger charge is -2.26. The van der Waals surface area contributed by atoms with Gasteiger partial charge in [-0.25, -0.2) is 0 Å². The summed E-state index contributed by atoms with van der Waals surface area (Å²) >= 11 is 0. The second kappa shape index (κ2) is 11.6. The molecule has 4 N–H and O–H groups in total. The summed E-state index contributed by atoms with van der Waals surface area (Å²) in [4.78, 5) is 28.7. The van der Waals surface area contributed by atoms with Crippen molar-refractivity contribution in [2.75, 3.05) is 23.8 Å². The van der Waals surface area contributed by atoms with Gasteiger partial charge in [0.05, 0.1) is 6.04 Å².